The van der Waals surface area contributed by atoms with Crippen molar-refractivity contribution in [1.82, 2.24) is 14.9 Å². The van der Waals surface area contributed by atoms with E-state index in [0.717, 1.165) is 28.6 Å². The molecule has 19 heavy (non-hydrogen) atoms. The normalized spacial score (nSPS) is 17.0. The second-order valence-corrected chi connectivity index (χ2v) is 6.09. The third kappa shape index (κ3) is 2.64. The lowest BCUT2D eigenvalue weighted by Crippen LogP contribution is -2.36. The fraction of sp³-hybridized carbons (Fsp3) is 0.538. The van der Waals surface area contributed by atoms with E-state index >= 15 is 0 Å². The third-order valence-electron chi connectivity index (χ3n) is 3.73. The van der Waals surface area contributed by atoms with E-state index in [1.165, 1.54) is 12.8 Å². The Morgan fingerprint density at radius 2 is 2.32 bits per heavy atom. The summed E-state index contributed by atoms with van der Waals surface area (Å²) in [7, 11) is 2.19. The molecule has 0 aliphatic heterocycles. The molecule has 1 unspecified atom stereocenters. The van der Waals surface area contributed by atoms with E-state index in [0.29, 0.717) is 12.0 Å². The van der Waals surface area contributed by atoms with Crippen LogP contribution >= 0.6 is 11.3 Å². The molecule has 3 N–H and O–H groups in total. The minimum absolute atomic E-state index is 0.334. The highest BCUT2D eigenvalue weighted by Crippen LogP contribution is 2.28. The summed E-state index contributed by atoms with van der Waals surface area (Å²) >= 11 is 1.59. The fourth-order valence-corrected chi connectivity index (χ4v) is 3.01. The molecule has 1 saturated carbocycles. The molecule has 2 aromatic heterocycles. The van der Waals surface area contributed by atoms with E-state index in [4.69, 9.17) is 5.73 Å². The lowest BCUT2D eigenvalue weighted by atomic mass is 10.3. The predicted octanol–water partition coefficient (Wildman–Crippen LogP) is 2.17. The maximum atomic E-state index is 5.74. The summed E-state index contributed by atoms with van der Waals surface area (Å²) in [5.74, 6) is 1.18. The van der Waals surface area contributed by atoms with Crippen LogP contribution in [0.4, 0.5) is 11.8 Å². The Labute approximate surface area is 116 Å². The molecule has 1 atom stereocenters. The van der Waals surface area contributed by atoms with Gasteiger partial charge in [0, 0.05) is 18.6 Å². The number of nitrogen functional groups attached to an aromatic ring is 1. The fourth-order valence-electron chi connectivity index (χ4n) is 2.24. The van der Waals surface area contributed by atoms with Gasteiger partial charge in [-0.2, -0.15) is 4.98 Å². The van der Waals surface area contributed by atoms with Crippen LogP contribution in [0.3, 0.4) is 0 Å². The molecule has 0 aromatic carbocycles. The highest BCUT2D eigenvalue weighted by Gasteiger charge is 2.28. The molecule has 0 amide bonds. The zero-order valence-corrected chi connectivity index (χ0v) is 12.1. The molecular formula is C13H19N5S. The smallest absolute Gasteiger partial charge is 0.223 e. The third-order valence-corrected chi connectivity index (χ3v) is 4.53. The van der Waals surface area contributed by atoms with Crippen LogP contribution in [0.25, 0.3) is 10.2 Å². The minimum Gasteiger partial charge on any atom is -0.368 e. The van der Waals surface area contributed by atoms with Crippen LogP contribution < -0.4 is 11.1 Å². The monoisotopic (exact) mass is 277 g/mol. The molecule has 2 heterocycles. The molecule has 1 fully saturated rings. The van der Waals surface area contributed by atoms with Gasteiger partial charge in [0.05, 0.1) is 5.39 Å². The molecule has 0 saturated heterocycles. The van der Waals surface area contributed by atoms with Gasteiger partial charge in [-0.25, -0.2) is 4.98 Å². The first kappa shape index (κ1) is 12.6. The Morgan fingerprint density at radius 1 is 1.53 bits per heavy atom. The quantitative estimate of drug-likeness (QED) is 0.876. The zero-order valence-electron chi connectivity index (χ0n) is 11.3. The average molecular weight is 277 g/mol. The number of aromatic nitrogens is 2. The molecule has 0 bridgehead atoms. The summed E-state index contributed by atoms with van der Waals surface area (Å²) < 4.78 is 0. The van der Waals surface area contributed by atoms with Crippen LogP contribution in [0.1, 0.15) is 19.8 Å². The molecule has 3 rings (SSSR count). The number of likely N-dealkylation sites (N-methyl/N-ethyl adjacent to an activating group) is 1. The maximum absolute atomic E-state index is 5.74. The molecule has 2 aromatic rings. The van der Waals surface area contributed by atoms with Crippen LogP contribution in [0.2, 0.25) is 0 Å². The molecule has 1 aliphatic carbocycles. The number of hydrogen-bond donors (Lipinski definition) is 2. The van der Waals surface area contributed by atoms with Gasteiger partial charge in [0.25, 0.3) is 0 Å². The lowest BCUT2D eigenvalue weighted by molar-refractivity contribution is 0.257. The van der Waals surface area contributed by atoms with Crippen LogP contribution in [0.15, 0.2) is 11.4 Å². The van der Waals surface area contributed by atoms with Crippen molar-refractivity contribution in [2.45, 2.75) is 31.8 Å². The molecule has 0 spiro atoms. The first-order valence-electron chi connectivity index (χ1n) is 6.61. The molecule has 0 radical (unpaired) electrons. The molecule has 6 heteroatoms. The van der Waals surface area contributed by atoms with Crippen molar-refractivity contribution in [3.05, 3.63) is 11.4 Å². The highest BCUT2D eigenvalue weighted by molar-refractivity contribution is 7.16. The second-order valence-electron chi connectivity index (χ2n) is 5.20. The number of nitrogens with one attached hydrogen (secondary N) is 1. The van der Waals surface area contributed by atoms with E-state index in [9.17, 15) is 0 Å². The van der Waals surface area contributed by atoms with Gasteiger partial charge in [-0.3, -0.25) is 4.90 Å². The number of rotatable bonds is 5. The van der Waals surface area contributed by atoms with Crippen molar-refractivity contribution in [3.8, 4) is 0 Å². The van der Waals surface area contributed by atoms with Crippen molar-refractivity contribution in [1.29, 1.82) is 0 Å². The maximum Gasteiger partial charge on any atom is 0.223 e. The van der Waals surface area contributed by atoms with E-state index < -0.39 is 0 Å². The van der Waals surface area contributed by atoms with E-state index in [1.54, 1.807) is 11.3 Å². The topological polar surface area (TPSA) is 67.1 Å². The Morgan fingerprint density at radius 3 is 3.05 bits per heavy atom. The number of nitrogens with two attached hydrogens (primary N) is 1. The van der Waals surface area contributed by atoms with E-state index in [2.05, 4.69) is 34.2 Å². The Bertz CT molecular complexity index is 577. The van der Waals surface area contributed by atoms with E-state index in [-0.39, 0.29) is 0 Å². The molecule has 102 valence electrons. The van der Waals surface area contributed by atoms with Crippen molar-refractivity contribution < 1.29 is 0 Å². The van der Waals surface area contributed by atoms with Crippen LogP contribution in [0.5, 0.6) is 0 Å². The van der Waals surface area contributed by atoms with Crippen LogP contribution in [0, 0.1) is 0 Å². The predicted molar refractivity (Wildman–Crippen MR) is 80.6 cm³/mol. The van der Waals surface area contributed by atoms with Gasteiger partial charge in [0.15, 0.2) is 0 Å². The van der Waals surface area contributed by atoms with Crippen molar-refractivity contribution in [2.75, 3.05) is 24.6 Å². The number of thiophene rings is 1. The SMILES string of the molecule is CC(CNc1nc(N)nc2sccc12)N(C)C1CC1. The number of anilines is 2. The summed E-state index contributed by atoms with van der Waals surface area (Å²) in [5, 5.41) is 6.49. The van der Waals surface area contributed by atoms with Gasteiger partial charge in [-0.1, -0.05) is 0 Å². The standard InChI is InChI=1S/C13H19N5S/c1-8(18(2)9-3-4-9)7-15-11-10-5-6-19-12(10)17-13(14)16-11/h5-6,8-9H,3-4,7H2,1-2H3,(H3,14,15,16,17). The highest BCUT2D eigenvalue weighted by atomic mass is 32.1. The van der Waals surface area contributed by atoms with E-state index in [1.807, 2.05) is 11.4 Å². The van der Waals surface area contributed by atoms with Gasteiger partial charge in [0.1, 0.15) is 10.6 Å². The van der Waals surface area contributed by atoms with Gasteiger partial charge >= 0.3 is 0 Å². The molecule has 5 nitrogen and oxygen atoms in total. The summed E-state index contributed by atoms with van der Waals surface area (Å²) in [6.07, 6.45) is 2.66. The number of fused-ring (bicyclic) bond motifs is 1. The van der Waals surface area contributed by atoms with Crippen molar-refractivity contribution in [2.24, 2.45) is 0 Å². The van der Waals surface area contributed by atoms with Crippen LogP contribution in [-0.4, -0.2) is 40.5 Å². The molecular weight excluding hydrogens is 258 g/mol. The zero-order chi connectivity index (χ0) is 13.4. The van der Waals surface area contributed by atoms with Gasteiger partial charge in [-0.15, -0.1) is 11.3 Å². The average Bonchev–Trinajstić information content (AvgIpc) is 3.13. The lowest BCUT2D eigenvalue weighted by Gasteiger charge is -2.24. The largest absolute Gasteiger partial charge is 0.368 e. The van der Waals surface area contributed by atoms with Crippen molar-refractivity contribution in [3.63, 3.8) is 0 Å². The summed E-state index contributed by atoms with van der Waals surface area (Å²) in [5.41, 5.74) is 5.74. The Balaban J connectivity index is 1.72. The van der Waals surface area contributed by atoms with Gasteiger partial charge < -0.3 is 11.1 Å². The summed E-state index contributed by atoms with van der Waals surface area (Å²) in [6.45, 7) is 3.11. The van der Waals surface area contributed by atoms with Crippen molar-refractivity contribution >= 4 is 33.3 Å². The number of hydrogen-bond acceptors (Lipinski definition) is 6. The second kappa shape index (κ2) is 4.94. The summed E-state index contributed by atoms with van der Waals surface area (Å²) in [4.78, 5) is 11.9. The van der Waals surface area contributed by atoms with Gasteiger partial charge in [-0.05, 0) is 38.3 Å². The van der Waals surface area contributed by atoms with Crippen LogP contribution in [-0.2, 0) is 0 Å². The Kier molecular flexibility index (Phi) is 3.28. The van der Waals surface area contributed by atoms with Gasteiger partial charge in [0.2, 0.25) is 5.95 Å². The first-order valence-corrected chi connectivity index (χ1v) is 7.49. The first-order chi connectivity index (χ1) is 9.15. The Hall–Kier alpha value is -1.40. The minimum atomic E-state index is 0.334. The summed E-state index contributed by atoms with van der Waals surface area (Å²) in [6, 6.07) is 3.29. The number of nitrogens with zero attached hydrogens (tertiary/aromatic N) is 3. The molecule has 1 aliphatic rings.